The van der Waals surface area contributed by atoms with Crippen molar-refractivity contribution in [1.82, 2.24) is 19.5 Å². The van der Waals surface area contributed by atoms with Crippen molar-refractivity contribution >= 4 is 28.6 Å². The first kappa shape index (κ1) is 10.7. The van der Waals surface area contributed by atoms with Crippen LogP contribution >= 0.6 is 11.6 Å². The minimum absolute atomic E-state index is 0.0413. The minimum atomic E-state index is -0.0413. The first-order valence-electron chi connectivity index (χ1n) is 5.46. The van der Waals surface area contributed by atoms with Crippen LogP contribution < -0.4 is 5.73 Å². The summed E-state index contributed by atoms with van der Waals surface area (Å²) in [6, 6.07) is 0. The highest BCUT2D eigenvalue weighted by Crippen LogP contribution is 2.31. The molecule has 17 heavy (non-hydrogen) atoms. The second-order valence-electron chi connectivity index (χ2n) is 4.18. The van der Waals surface area contributed by atoms with Crippen LogP contribution in [0.2, 0.25) is 5.28 Å². The van der Waals surface area contributed by atoms with Gasteiger partial charge in [0.2, 0.25) is 5.28 Å². The fourth-order valence-corrected chi connectivity index (χ4v) is 2.28. The summed E-state index contributed by atoms with van der Waals surface area (Å²) in [5.41, 5.74) is 6.94. The van der Waals surface area contributed by atoms with Crippen LogP contribution in [0, 0.1) is 0 Å². The molecule has 0 aromatic carbocycles. The van der Waals surface area contributed by atoms with Crippen molar-refractivity contribution < 1.29 is 4.74 Å². The summed E-state index contributed by atoms with van der Waals surface area (Å²) in [5.74, 6) is 0.296. The number of imidazole rings is 1. The Balaban J connectivity index is 2.11. The lowest BCUT2D eigenvalue weighted by molar-refractivity contribution is 0.0132. The van der Waals surface area contributed by atoms with Gasteiger partial charge in [-0.3, -0.25) is 4.57 Å². The number of nitrogens with two attached hydrogens (primary N) is 1. The normalized spacial score (nSPS) is 24.6. The topological polar surface area (TPSA) is 78.9 Å². The number of hydrogen-bond acceptors (Lipinski definition) is 5. The van der Waals surface area contributed by atoms with Crippen LogP contribution in [-0.4, -0.2) is 25.6 Å². The van der Waals surface area contributed by atoms with Crippen molar-refractivity contribution in [3.8, 4) is 0 Å². The number of halogens is 1. The molecule has 0 saturated carbocycles. The van der Waals surface area contributed by atoms with Crippen molar-refractivity contribution in [3.05, 3.63) is 11.6 Å². The van der Waals surface area contributed by atoms with Crippen molar-refractivity contribution in [1.29, 1.82) is 0 Å². The lowest BCUT2D eigenvalue weighted by Crippen LogP contribution is -2.09. The van der Waals surface area contributed by atoms with E-state index in [-0.39, 0.29) is 17.6 Å². The summed E-state index contributed by atoms with van der Waals surface area (Å²) in [5, 5.41) is 0.128. The van der Waals surface area contributed by atoms with E-state index < -0.39 is 0 Å². The Kier molecular flexibility index (Phi) is 2.41. The summed E-state index contributed by atoms with van der Waals surface area (Å²) < 4.78 is 7.64. The number of anilines is 1. The third-order valence-electron chi connectivity index (χ3n) is 2.94. The molecule has 1 aliphatic heterocycles. The summed E-state index contributed by atoms with van der Waals surface area (Å²) >= 11 is 5.80. The van der Waals surface area contributed by atoms with Crippen molar-refractivity contribution in [2.45, 2.75) is 32.1 Å². The molecular weight excluding hydrogens is 242 g/mol. The van der Waals surface area contributed by atoms with E-state index in [4.69, 9.17) is 22.1 Å². The van der Waals surface area contributed by atoms with E-state index in [0.29, 0.717) is 17.0 Å². The van der Waals surface area contributed by atoms with Gasteiger partial charge >= 0.3 is 0 Å². The van der Waals surface area contributed by atoms with E-state index in [1.54, 1.807) is 6.33 Å². The standard InChI is InChI=1S/C10H12ClN5O/c1-5-2-3-6(17-5)16-4-13-7-8(12)14-10(11)15-9(7)16/h4-6H,2-3H2,1H3,(H2,12,14,15)/t5?,6-/m1/s1. The Bertz CT molecular complexity index is 569. The molecule has 0 amide bonds. The summed E-state index contributed by atoms with van der Waals surface area (Å²) in [4.78, 5) is 12.2. The van der Waals surface area contributed by atoms with Crippen LogP contribution in [0.5, 0.6) is 0 Å². The molecule has 1 fully saturated rings. The average Bonchev–Trinajstić information content (AvgIpc) is 2.83. The van der Waals surface area contributed by atoms with Gasteiger partial charge in [-0.25, -0.2) is 4.98 Å². The Hall–Kier alpha value is -1.40. The largest absolute Gasteiger partial charge is 0.382 e. The zero-order chi connectivity index (χ0) is 12.0. The molecule has 0 spiro atoms. The smallest absolute Gasteiger partial charge is 0.226 e. The van der Waals surface area contributed by atoms with Crippen molar-refractivity contribution in [2.75, 3.05) is 5.73 Å². The molecule has 1 saturated heterocycles. The number of nitrogen functional groups attached to an aromatic ring is 1. The van der Waals surface area contributed by atoms with Crippen molar-refractivity contribution in [2.24, 2.45) is 0 Å². The molecule has 0 aliphatic carbocycles. The molecule has 3 heterocycles. The van der Waals surface area contributed by atoms with Gasteiger partial charge in [-0.2, -0.15) is 9.97 Å². The molecule has 90 valence electrons. The average molecular weight is 254 g/mol. The van der Waals surface area contributed by atoms with Crippen LogP contribution in [0.1, 0.15) is 26.0 Å². The molecule has 2 aromatic rings. The van der Waals surface area contributed by atoms with Crippen molar-refractivity contribution in [3.63, 3.8) is 0 Å². The maximum absolute atomic E-state index is 5.80. The first-order valence-corrected chi connectivity index (χ1v) is 5.84. The second-order valence-corrected chi connectivity index (χ2v) is 4.52. The molecule has 3 rings (SSSR count). The Labute approximate surface area is 103 Å². The van der Waals surface area contributed by atoms with Gasteiger partial charge in [0, 0.05) is 0 Å². The van der Waals surface area contributed by atoms with E-state index >= 15 is 0 Å². The van der Waals surface area contributed by atoms with Crippen LogP contribution in [0.25, 0.3) is 11.2 Å². The molecule has 1 aliphatic rings. The zero-order valence-electron chi connectivity index (χ0n) is 9.30. The molecule has 2 atom stereocenters. The van der Waals surface area contributed by atoms with Gasteiger partial charge in [0.1, 0.15) is 11.7 Å². The molecule has 2 N–H and O–H groups in total. The van der Waals surface area contributed by atoms with E-state index in [0.717, 1.165) is 12.8 Å². The molecule has 1 unspecified atom stereocenters. The third kappa shape index (κ3) is 1.73. The maximum Gasteiger partial charge on any atom is 0.226 e. The monoisotopic (exact) mass is 253 g/mol. The minimum Gasteiger partial charge on any atom is -0.382 e. The van der Waals surface area contributed by atoms with Gasteiger partial charge in [0.05, 0.1) is 12.4 Å². The first-order chi connectivity index (χ1) is 8.15. The highest BCUT2D eigenvalue weighted by Gasteiger charge is 2.25. The van der Waals surface area contributed by atoms with Gasteiger partial charge in [-0.15, -0.1) is 0 Å². The Morgan fingerprint density at radius 1 is 1.47 bits per heavy atom. The second kappa shape index (κ2) is 3.82. The quantitative estimate of drug-likeness (QED) is 0.784. The Morgan fingerprint density at radius 3 is 3.00 bits per heavy atom. The van der Waals surface area contributed by atoms with Gasteiger partial charge < -0.3 is 10.5 Å². The number of aromatic nitrogens is 4. The number of fused-ring (bicyclic) bond motifs is 1. The highest BCUT2D eigenvalue weighted by molar-refractivity contribution is 6.28. The fraction of sp³-hybridized carbons (Fsp3) is 0.500. The molecule has 7 heteroatoms. The fourth-order valence-electron chi connectivity index (χ4n) is 2.11. The number of hydrogen-bond donors (Lipinski definition) is 1. The SMILES string of the molecule is CC1CC[C@H](n2cnc3c(N)nc(Cl)nc32)O1. The molecule has 0 bridgehead atoms. The van der Waals surface area contributed by atoms with E-state index in [1.165, 1.54) is 0 Å². The van der Waals surface area contributed by atoms with Gasteiger partial charge in [0.15, 0.2) is 11.5 Å². The predicted octanol–water partition coefficient (Wildman–Crippen LogP) is 1.76. The molecule has 2 aromatic heterocycles. The number of ether oxygens (including phenoxy) is 1. The van der Waals surface area contributed by atoms with Gasteiger partial charge in [-0.05, 0) is 31.4 Å². The zero-order valence-corrected chi connectivity index (χ0v) is 10.1. The third-order valence-corrected chi connectivity index (χ3v) is 3.11. The van der Waals surface area contributed by atoms with Crippen LogP contribution in [0.15, 0.2) is 6.33 Å². The predicted molar refractivity (Wildman–Crippen MR) is 63.6 cm³/mol. The summed E-state index contributed by atoms with van der Waals surface area (Å²) in [6.07, 6.45) is 3.86. The summed E-state index contributed by atoms with van der Waals surface area (Å²) in [7, 11) is 0. The van der Waals surface area contributed by atoms with E-state index in [1.807, 2.05) is 4.57 Å². The van der Waals surface area contributed by atoms with E-state index in [2.05, 4.69) is 21.9 Å². The van der Waals surface area contributed by atoms with Crippen LogP contribution in [0.3, 0.4) is 0 Å². The lowest BCUT2D eigenvalue weighted by atomic mass is 10.2. The highest BCUT2D eigenvalue weighted by atomic mass is 35.5. The lowest BCUT2D eigenvalue weighted by Gasteiger charge is -2.12. The van der Waals surface area contributed by atoms with Crippen LogP contribution in [-0.2, 0) is 4.74 Å². The maximum atomic E-state index is 5.80. The van der Waals surface area contributed by atoms with Crippen LogP contribution in [0.4, 0.5) is 5.82 Å². The number of nitrogens with zero attached hydrogens (tertiary/aromatic N) is 4. The molecule has 6 nitrogen and oxygen atoms in total. The van der Waals surface area contributed by atoms with E-state index in [9.17, 15) is 0 Å². The summed E-state index contributed by atoms with van der Waals surface area (Å²) in [6.45, 7) is 2.05. The Morgan fingerprint density at radius 2 is 2.29 bits per heavy atom. The van der Waals surface area contributed by atoms with Gasteiger partial charge in [-0.1, -0.05) is 0 Å². The number of rotatable bonds is 1. The molecule has 0 radical (unpaired) electrons. The van der Waals surface area contributed by atoms with Gasteiger partial charge in [0.25, 0.3) is 0 Å². The molecular formula is C10H12ClN5O.